The molecule has 0 aliphatic heterocycles. The number of carboxylic acid groups (broad SMARTS) is 1. The smallest absolute Gasteiger partial charge is 0.317 e. The topological polar surface area (TPSA) is 61.1 Å². The fourth-order valence-electron chi connectivity index (χ4n) is 0.0676. The fraction of sp³-hybridized carbons (Fsp3) is 0.333. The summed E-state index contributed by atoms with van der Waals surface area (Å²) in [6.07, 6.45) is -0.403. The second-order valence-corrected chi connectivity index (χ2v) is 0.729. The summed E-state index contributed by atoms with van der Waals surface area (Å²) in [6, 6.07) is 1.47. The van der Waals surface area contributed by atoms with Gasteiger partial charge in [-0.3, -0.25) is 4.79 Å². The maximum absolute atomic E-state index is 9.38. The van der Waals surface area contributed by atoms with Gasteiger partial charge in [0.15, 0.2) is 0 Å². The van der Waals surface area contributed by atoms with Gasteiger partial charge >= 0.3 is 5.97 Å². The Hall–Kier alpha value is 0.596. The summed E-state index contributed by atoms with van der Waals surface area (Å²) in [5, 5.41) is 15.3. The third-order valence-corrected chi connectivity index (χ3v) is 0.230. The molecule has 3 nitrogen and oxygen atoms in total. The van der Waals surface area contributed by atoms with Gasteiger partial charge in [0.05, 0.1) is 6.07 Å². The summed E-state index contributed by atoms with van der Waals surface area (Å²) in [7, 11) is 0. The first-order chi connectivity index (χ1) is 2.77. The van der Waals surface area contributed by atoms with Crippen LogP contribution in [0.4, 0.5) is 0 Å². The van der Waals surface area contributed by atoms with E-state index in [0.29, 0.717) is 0 Å². The van der Waals surface area contributed by atoms with Crippen LogP contribution in [0.15, 0.2) is 0 Å². The molecule has 1 N–H and O–H groups in total. The maximum Gasteiger partial charge on any atom is 0.317 e. The maximum atomic E-state index is 9.38. The van der Waals surface area contributed by atoms with Gasteiger partial charge < -0.3 is 5.11 Å². The first-order valence-electron chi connectivity index (χ1n) is 1.36. The molecule has 0 fully saturated rings. The van der Waals surface area contributed by atoms with E-state index in [0.717, 1.165) is 0 Å². The van der Waals surface area contributed by atoms with E-state index >= 15 is 0 Å². The van der Waals surface area contributed by atoms with Crippen molar-refractivity contribution < 1.29 is 9.90 Å². The number of aliphatic carboxylic acids is 1. The van der Waals surface area contributed by atoms with Crippen molar-refractivity contribution in [3.05, 3.63) is 0 Å². The quantitative estimate of drug-likeness (QED) is 0.484. The second kappa shape index (κ2) is 6.60. The Labute approximate surface area is 83.7 Å². The van der Waals surface area contributed by atoms with E-state index in [2.05, 4.69) is 0 Å². The Kier molecular flexibility index (Phi) is 9.95. The number of hydrogen-bond donors (Lipinski definition) is 1. The van der Waals surface area contributed by atoms with E-state index in [4.69, 9.17) is 10.4 Å². The summed E-state index contributed by atoms with van der Waals surface area (Å²) in [6.45, 7) is 0. The van der Waals surface area contributed by atoms with Gasteiger partial charge in [-0.05, 0) is 0 Å². The third-order valence-electron chi connectivity index (χ3n) is 0.230. The molecule has 0 aliphatic carbocycles. The van der Waals surface area contributed by atoms with Crippen LogP contribution >= 0.6 is 0 Å². The van der Waals surface area contributed by atoms with Crippen LogP contribution in [0, 0.1) is 11.3 Å². The molecule has 0 aromatic carbocycles. The van der Waals surface area contributed by atoms with Crippen LogP contribution < -0.4 is 0 Å². The van der Waals surface area contributed by atoms with Crippen LogP contribution in [0.3, 0.4) is 0 Å². The SMILES string of the molecule is N#CCC(=O)O.[K]. The Morgan fingerprint density at radius 3 is 2.29 bits per heavy atom. The minimum Gasteiger partial charge on any atom is -0.480 e. The summed E-state index contributed by atoms with van der Waals surface area (Å²) in [5.41, 5.74) is 0. The van der Waals surface area contributed by atoms with Crippen molar-refractivity contribution in [2.45, 2.75) is 6.42 Å². The molecular formula is C3H3KNO2. The monoisotopic (exact) mass is 124 g/mol. The molecule has 33 valence electrons. The molecule has 4 heteroatoms. The molecule has 0 unspecified atom stereocenters. The molecule has 0 heterocycles. The Morgan fingerprint density at radius 2 is 2.29 bits per heavy atom. The van der Waals surface area contributed by atoms with Gasteiger partial charge in [0.2, 0.25) is 0 Å². The predicted octanol–water partition coefficient (Wildman–Crippen LogP) is -0.396. The van der Waals surface area contributed by atoms with Crippen molar-refractivity contribution in [2.75, 3.05) is 0 Å². The van der Waals surface area contributed by atoms with E-state index in [1.165, 1.54) is 6.07 Å². The first kappa shape index (κ1) is 10.6. The summed E-state index contributed by atoms with van der Waals surface area (Å²) < 4.78 is 0. The van der Waals surface area contributed by atoms with E-state index in [1.807, 2.05) is 0 Å². The van der Waals surface area contributed by atoms with Crippen molar-refractivity contribution in [1.82, 2.24) is 0 Å². The van der Waals surface area contributed by atoms with Crippen LogP contribution in [-0.2, 0) is 4.79 Å². The molecule has 0 rings (SSSR count). The number of rotatable bonds is 1. The number of carboxylic acids is 1. The summed E-state index contributed by atoms with van der Waals surface area (Å²) in [4.78, 5) is 9.38. The van der Waals surface area contributed by atoms with Crippen molar-refractivity contribution in [1.29, 1.82) is 5.26 Å². The van der Waals surface area contributed by atoms with Gasteiger partial charge in [0, 0.05) is 51.4 Å². The van der Waals surface area contributed by atoms with Crippen molar-refractivity contribution >= 4 is 57.4 Å². The van der Waals surface area contributed by atoms with E-state index in [-0.39, 0.29) is 51.4 Å². The number of carbonyl (C=O) groups is 1. The molecule has 0 aromatic heterocycles. The number of nitrogens with zero attached hydrogens (tertiary/aromatic N) is 1. The van der Waals surface area contributed by atoms with E-state index < -0.39 is 12.4 Å². The van der Waals surface area contributed by atoms with Crippen LogP contribution in [0.1, 0.15) is 6.42 Å². The van der Waals surface area contributed by atoms with Gasteiger partial charge in [0.25, 0.3) is 0 Å². The van der Waals surface area contributed by atoms with Crippen LogP contribution in [0.2, 0.25) is 0 Å². The normalized spacial score (nSPS) is 5.57. The van der Waals surface area contributed by atoms with Crippen LogP contribution in [0.25, 0.3) is 0 Å². The van der Waals surface area contributed by atoms with Crippen LogP contribution in [-0.4, -0.2) is 62.5 Å². The molecule has 0 bridgehead atoms. The second-order valence-electron chi connectivity index (χ2n) is 0.729. The first-order valence-corrected chi connectivity index (χ1v) is 1.36. The molecular weight excluding hydrogens is 121 g/mol. The van der Waals surface area contributed by atoms with Crippen LogP contribution in [0.5, 0.6) is 0 Å². The Bertz CT molecular complexity index is 95.6. The molecule has 0 saturated carbocycles. The van der Waals surface area contributed by atoms with Gasteiger partial charge in [-0.2, -0.15) is 5.26 Å². The fourth-order valence-corrected chi connectivity index (χ4v) is 0.0676. The zero-order valence-electron chi connectivity index (χ0n) is 4.01. The zero-order valence-corrected chi connectivity index (χ0v) is 7.13. The predicted molar refractivity (Wildman–Crippen MR) is 23.6 cm³/mol. The molecule has 0 saturated heterocycles. The molecule has 0 atom stereocenters. The standard InChI is InChI=1S/C3H3NO2.K/c4-2-1-3(5)6;/h1H2,(H,5,6);. The minimum absolute atomic E-state index is 0. The summed E-state index contributed by atoms with van der Waals surface area (Å²) >= 11 is 0. The van der Waals surface area contributed by atoms with Crippen molar-refractivity contribution in [3.8, 4) is 6.07 Å². The Morgan fingerprint density at radius 1 is 1.86 bits per heavy atom. The van der Waals surface area contributed by atoms with Gasteiger partial charge in [0.1, 0.15) is 6.42 Å². The van der Waals surface area contributed by atoms with E-state index in [1.54, 1.807) is 0 Å². The largest absolute Gasteiger partial charge is 0.480 e. The molecule has 0 spiro atoms. The molecule has 0 amide bonds. The average Bonchev–Trinajstić information content (AvgIpc) is 1.35. The van der Waals surface area contributed by atoms with Gasteiger partial charge in [-0.15, -0.1) is 0 Å². The average molecular weight is 124 g/mol. The number of nitriles is 1. The van der Waals surface area contributed by atoms with Gasteiger partial charge in [-0.25, -0.2) is 0 Å². The molecule has 7 heavy (non-hydrogen) atoms. The minimum atomic E-state index is -1.07. The zero-order chi connectivity index (χ0) is 4.99. The van der Waals surface area contributed by atoms with Crippen molar-refractivity contribution in [2.24, 2.45) is 0 Å². The molecule has 1 radical (unpaired) electrons. The van der Waals surface area contributed by atoms with Crippen molar-refractivity contribution in [3.63, 3.8) is 0 Å². The summed E-state index contributed by atoms with van der Waals surface area (Å²) in [5.74, 6) is -1.07. The van der Waals surface area contributed by atoms with Gasteiger partial charge in [-0.1, -0.05) is 0 Å². The van der Waals surface area contributed by atoms with E-state index in [9.17, 15) is 4.79 Å². The molecule has 0 aromatic rings. The Balaban J connectivity index is 0. The third kappa shape index (κ3) is 10.8. The number of hydrogen-bond acceptors (Lipinski definition) is 2. The molecule has 0 aliphatic rings.